The number of nitrogens with one attached hydrogen (secondary N) is 2. The van der Waals surface area contributed by atoms with Crippen LogP contribution in [0.2, 0.25) is 0 Å². The molecule has 0 spiro atoms. The Kier molecular flexibility index (Phi) is 6.59. The first-order valence-electron chi connectivity index (χ1n) is 9.46. The summed E-state index contributed by atoms with van der Waals surface area (Å²) in [5.74, 6) is 0.593. The minimum absolute atomic E-state index is 0.0989. The van der Waals surface area contributed by atoms with Gasteiger partial charge in [-0.05, 0) is 57.4 Å². The van der Waals surface area contributed by atoms with E-state index in [9.17, 15) is 4.79 Å². The van der Waals surface area contributed by atoms with E-state index in [0.717, 1.165) is 28.1 Å². The molecule has 0 radical (unpaired) electrons. The second kappa shape index (κ2) is 9.13. The number of rotatable bonds is 7. The number of aryl methyl sites for hydroxylation is 5. The number of hydrogen-bond donors (Lipinski definition) is 2. The SMILES string of the molecule is Cc1ccc(NCc2nnc(SCC(=O)Nc3c(C)cc(C)cc3C)o2)c(C)c1. The van der Waals surface area contributed by atoms with Gasteiger partial charge in [0.15, 0.2) is 0 Å². The maximum absolute atomic E-state index is 12.3. The van der Waals surface area contributed by atoms with Gasteiger partial charge in [0.05, 0.1) is 12.3 Å². The molecule has 152 valence electrons. The molecule has 0 atom stereocenters. The fourth-order valence-corrected chi connectivity index (χ4v) is 3.81. The topological polar surface area (TPSA) is 80.0 Å². The van der Waals surface area contributed by atoms with Gasteiger partial charge in [-0.25, -0.2) is 0 Å². The van der Waals surface area contributed by atoms with Crippen LogP contribution in [0.5, 0.6) is 0 Å². The van der Waals surface area contributed by atoms with Crippen molar-refractivity contribution in [3.8, 4) is 0 Å². The van der Waals surface area contributed by atoms with Crippen LogP contribution in [-0.4, -0.2) is 21.9 Å². The lowest BCUT2D eigenvalue weighted by Crippen LogP contribution is -2.15. The van der Waals surface area contributed by atoms with E-state index in [1.165, 1.54) is 22.9 Å². The van der Waals surface area contributed by atoms with E-state index in [1.807, 2.05) is 26.8 Å². The van der Waals surface area contributed by atoms with Crippen molar-refractivity contribution in [2.75, 3.05) is 16.4 Å². The summed E-state index contributed by atoms with van der Waals surface area (Å²) in [5, 5.41) is 14.7. The molecule has 0 unspecified atom stereocenters. The number of thioether (sulfide) groups is 1. The standard InChI is InChI=1S/C22H26N4O2S/c1-13-6-7-18(15(3)8-13)23-11-20-25-26-22(28-20)29-12-19(27)24-21-16(4)9-14(2)10-17(21)5/h6-10,23H,11-12H2,1-5H3,(H,24,27). The molecule has 0 bridgehead atoms. The Labute approximate surface area is 175 Å². The van der Waals surface area contributed by atoms with Crippen LogP contribution in [0.15, 0.2) is 40.0 Å². The minimum atomic E-state index is -0.0989. The summed E-state index contributed by atoms with van der Waals surface area (Å²) < 4.78 is 5.63. The van der Waals surface area contributed by atoms with Crippen molar-refractivity contribution in [2.45, 2.75) is 46.4 Å². The molecule has 0 aliphatic rings. The van der Waals surface area contributed by atoms with Gasteiger partial charge in [0, 0.05) is 11.4 Å². The summed E-state index contributed by atoms with van der Waals surface area (Å²) in [6, 6.07) is 10.3. The maximum Gasteiger partial charge on any atom is 0.277 e. The van der Waals surface area contributed by atoms with Gasteiger partial charge in [-0.1, -0.05) is 47.2 Å². The number of nitrogens with zero attached hydrogens (tertiary/aromatic N) is 2. The average molecular weight is 411 g/mol. The number of amides is 1. The van der Waals surface area contributed by atoms with Gasteiger partial charge in [0.25, 0.3) is 5.22 Å². The summed E-state index contributed by atoms with van der Waals surface area (Å²) >= 11 is 1.23. The van der Waals surface area contributed by atoms with Crippen molar-refractivity contribution in [2.24, 2.45) is 0 Å². The summed E-state index contributed by atoms with van der Waals surface area (Å²) in [5.41, 5.74) is 7.57. The fourth-order valence-electron chi connectivity index (χ4n) is 3.23. The molecular formula is C22H26N4O2S. The third kappa shape index (κ3) is 5.60. The van der Waals surface area contributed by atoms with Crippen molar-refractivity contribution in [3.63, 3.8) is 0 Å². The first-order chi connectivity index (χ1) is 13.8. The molecule has 3 rings (SSSR count). The van der Waals surface area contributed by atoms with Crippen LogP contribution < -0.4 is 10.6 Å². The minimum Gasteiger partial charge on any atom is -0.414 e. The normalized spacial score (nSPS) is 10.8. The first kappa shape index (κ1) is 20.9. The van der Waals surface area contributed by atoms with Crippen LogP contribution >= 0.6 is 11.8 Å². The van der Waals surface area contributed by atoms with Gasteiger partial charge >= 0.3 is 0 Å². The van der Waals surface area contributed by atoms with Gasteiger partial charge in [-0.3, -0.25) is 4.79 Å². The van der Waals surface area contributed by atoms with Crippen molar-refractivity contribution >= 4 is 29.0 Å². The van der Waals surface area contributed by atoms with Crippen molar-refractivity contribution in [3.05, 3.63) is 64.0 Å². The Morgan fingerprint density at radius 3 is 2.34 bits per heavy atom. The second-order valence-electron chi connectivity index (χ2n) is 7.24. The van der Waals surface area contributed by atoms with E-state index in [0.29, 0.717) is 17.7 Å². The van der Waals surface area contributed by atoms with Gasteiger partial charge in [0.1, 0.15) is 0 Å². The van der Waals surface area contributed by atoms with Gasteiger partial charge < -0.3 is 15.1 Å². The highest BCUT2D eigenvalue weighted by Crippen LogP contribution is 2.23. The zero-order valence-electron chi connectivity index (χ0n) is 17.4. The van der Waals surface area contributed by atoms with E-state index in [4.69, 9.17) is 4.42 Å². The van der Waals surface area contributed by atoms with Crippen molar-refractivity contribution < 1.29 is 9.21 Å². The van der Waals surface area contributed by atoms with Gasteiger partial charge in [-0.2, -0.15) is 0 Å². The molecule has 0 fully saturated rings. The van der Waals surface area contributed by atoms with Crippen LogP contribution in [0.1, 0.15) is 33.7 Å². The van der Waals surface area contributed by atoms with Crippen LogP contribution in [0.3, 0.4) is 0 Å². The molecule has 0 aliphatic carbocycles. The Morgan fingerprint density at radius 1 is 0.966 bits per heavy atom. The van der Waals surface area contributed by atoms with Crippen LogP contribution in [0, 0.1) is 34.6 Å². The molecule has 0 saturated carbocycles. The molecule has 1 heterocycles. The van der Waals surface area contributed by atoms with Crippen molar-refractivity contribution in [1.29, 1.82) is 0 Å². The number of anilines is 2. The predicted molar refractivity (Wildman–Crippen MR) is 118 cm³/mol. The zero-order chi connectivity index (χ0) is 21.0. The van der Waals surface area contributed by atoms with E-state index >= 15 is 0 Å². The molecule has 2 aromatic carbocycles. The lowest BCUT2D eigenvalue weighted by atomic mass is 10.1. The third-order valence-electron chi connectivity index (χ3n) is 4.53. The first-order valence-corrected chi connectivity index (χ1v) is 10.4. The number of carbonyl (C=O) groups excluding carboxylic acids is 1. The predicted octanol–water partition coefficient (Wildman–Crippen LogP) is 4.95. The maximum atomic E-state index is 12.3. The fraction of sp³-hybridized carbons (Fsp3) is 0.318. The lowest BCUT2D eigenvalue weighted by molar-refractivity contribution is -0.113. The average Bonchev–Trinajstić information content (AvgIpc) is 3.10. The second-order valence-corrected chi connectivity index (χ2v) is 8.17. The number of aromatic nitrogens is 2. The Morgan fingerprint density at radius 2 is 1.66 bits per heavy atom. The quantitative estimate of drug-likeness (QED) is 0.536. The van der Waals surface area contributed by atoms with E-state index in [1.54, 1.807) is 0 Å². The molecule has 1 amide bonds. The molecule has 0 saturated heterocycles. The summed E-state index contributed by atoms with van der Waals surface area (Å²) in [4.78, 5) is 12.3. The van der Waals surface area contributed by atoms with Crippen molar-refractivity contribution in [1.82, 2.24) is 10.2 Å². The van der Waals surface area contributed by atoms with Gasteiger partial charge in [-0.15, -0.1) is 10.2 Å². The largest absolute Gasteiger partial charge is 0.414 e. The van der Waals surface area contributed by atoms with Gasteiger partial charge in [0.2, 0.25) is 11.8 Å². The molecule has 2 N–H and O–H groups in total. The van der Waals surface area contributed by atoms with Crippen LogP contribution in [0.4, 0.5) is 11.4 Å². The number of benzene rings is 2. The molecule has 0 aliphatic heterocycles. The Hall–Kier alpha value is -2.80. The summed E-state index contributed by atoms with van der Waals surface area (Å²) in [6.07, 6.45) is 0. The molecule has 1 aromatic heterocycles. The highest BCUT2D eigenvalue weighted by molar-refractivity contribution is 7.99. The molecule has 29 heavy (non-hydrogen) atoms. The Balaban J connectivity index is 1.52. The molecular weight excluding hydrogens is 384 g/mol. The van der Waals surface area contributed by atoms with Crippen LogP contribution in [-0.2, 0) is 11.3 Å². The molecule has 7 heteroatoms. The highest BCUT2D eigenvalue weighted by Gasteiger charge is 2.12. The summed E-state index contributed by atoms with van der Waals surface area (Å²) in [7, 11) is 0. The van der Waals surface area contributed by atoms with E-state index < -0.39 is 0 Å². The summed E-state index contributed by atoms with van der Waals surface area (Å²) in [6.45, 7) is 10.6. The van der Waals surface area contributed by atoms with E-state index in [-0.39, 0.29) is 11.7 Å². The zero-order valence-corrected chi connectivity index (χ0v) is 18.2. The Bertz CT molecular complexity index is 1010. The third-order valence-corrected chi connectivity index (χ3v) is 5.35. The highest BCUT2D eigenvalue weighted by atomic mass is 32.2. The lowest BCUT2D eigenvalue weighted by Gasteiger charge is -2.12. The molecule has 3 aromatic rings. The smallest absolute Gasteiger partial charge is 0.277 e. The van der Waals surface area contributed by atoms with Crippen LogP contribution in [0.25, 0.3) is 0 Å². The monoisotopic (exact) mass is 410 g/mol. The van der Waals surface area contributed by atoms with E-state index in [2.05, 4.69) is 58.9 Å². The number of hydrogen-bond acceptors (Lipinski definition) is 6. The molecule has 6 nitrogen and oxygen atoms in total. The number of carbonyl (C=O) groups is 1.